The number of carboxylic acids is 1. The summed E-state index contributed by atoms with van der Waals surface area (Å²) in [4.78, 5) is 12.9. The molecule has 2 unspecified atom stereocenters. The molecule has 0 aromatic rings. The summed E-state index contributed by atoms with van der Waals surface area (Å²) in [5, 5.41) is 8.91. The first-order valence-corrected chi connectivity index (χ1v) is 6.36. The first kappa shape index (κ1) is 15.4. The smallest absolute Gasteiger partial charge is 0.317 e. The highest BCUT2D eigenvalue weighted by atomic mass is 16.4. The molecule has 0 spiro atoms. The van der Waals surface area contributed by atoms with Crippen LogP contribution < -0.4 is 0 Å². The van der Waals surface area contributed by atoms with Gasteiger partial charge in [-0.05, 0) is 39.0 Å². The summed E-state index contributed by atoms with van der Waals surface area (Å²) in [5.41, 5.74) is 0. The lowest BCUT2D eigenvalue weighted by atomic mass is 10.0. The number of rotatable bonds is 8. The maximum atomic E-state index is 10.8. The van der Waals surface area contributed by atoms with Crippen molar-refractivity contribution in [3.05, 3.63) is 0 Å². The summed E-state index contributed by atoms with van der Waals surface area (Å²) < 4.78 is 0. The van der Waals surface area contributed by atoms with Crippen LogP contribution in [-0.4, -0.2) is 34.6 Å². The third-order valence-corrected chi connectivity index (χ3v) is 3.20. The predicted molar refractivity (Wildman–Crippen MR) is 67.6 cm³/mol. The van der Waals surface area contributed by atoms with Gasteiger partial charge in [-0.2, -0.15) is 0 Å². The highest BCUT2D eigenvalue weighted by molar-refractivity contribution is 5.69. The third kappa shape index (κ3) is 6.11. The second-order valence-corrected chi connectivity index (χ2v) is 5.14. The molecule has 0 saturated carbocycles. The van der Waals surface area contributed by atoms with Crippen LogP contribution in [0, 0.1) is 5.92 Å². The molecule has 2 atom stereocenters. The minimum Gasteiger partial charge on any atom is -0.480 e. The van der Waals surface area contributed by atoms with E-state index < -0.39 is 5.97 Å². The normalized spacial score (nSPS) is 15.4. The van der Waals surface area contributed by atoms with E-state index in [4.69, 9.17) is 5.11 Å². The van der Waals surface area contributed by atoms with E-state index in [1.807, 2.05) is 0 Å². The highest BCUT2D eigenvalue weighted by Crippen LogP contribution is 2.15. The van der Waals surface area contributed by atoms with Gasteiger partial charge in [-0.25, -0.2) is 0 Å². The Morgan fingerprint density at radius 2 is 1.69 bits per heavy atom. The molecule has 0 heterocycles. The van der Waals surface area contributed by atoms with Gasteiger partial charge in [-0.3, -0.25) is 9.69 Å². The Labute approximate surface area is 99.8 Å². The molecule has 0 saturated heterocycles. The third-order valence-electron chi connectivity index (χ3n) is 3.20. The van der Waals surface area contributed by atoms with Gasteiger partial charge in [0, 0.05) is 12.1 Å². The molecule has 0 aromatic carbocycles. The van der Waals surface area contributed by atoms with Crippen molar-refractivity contribution in [1.82, 2.24) is 4.90 Å². The molecule has 0 radical (unpaired) electrons. The summed E-state index contributed by atoms with van der Waals surface area (Å²) in [6, 6.07) is 0.701. The average Bonchev–Trinajstić information content (AvgIpc) is 2.21. The maximum absolute atomic E-state index is 10.8. The number of carbonyl (C=O) groups is 1. The minimum atomic E-state index is -0.725. The van der Waals surface area contributed by atoms with Crippen molar-refractivity contribution in [1.29, 1.82) is 0 Å². The van der Waals surface area contributed by atoms with Gasteiger partial charge in [0.25, 0.3) is 0 Å². The summed E-state index contributed by atoms with van der Waals surface area (Å²) >= 11 is 0. The minimum absolute atomic E-state index is 0.161. The van der Waals surface area contributed by atoms with Gasteiger partial charge >= 0.3 is 5.97 Å². The lowest BCUT2D eigenvalue weighted by Crippen LogP contribution is -2.43. The monoisotopic (exact) mass is 229 g/mol. The number of nitrogens with zero attached hydrogens (tertiary/aromatic N) is 1. The number of carboxylic acid groups (broad SMARTS) is 1. The van der Waals surface area contributed by atoms with E-state index in [9.17, 15) is 4.79 Å². The summed E-state index contributed by atoms with van der Waals surface area (Å²) in [5.74, 6) is -0.0391. The van der Waals surface area contributed by atoms with Crippen LogP contribution in [0.1, 0.15) is 53.9 Å². The molecule has 0 aliphatic rings. The second-order valence-electron chi connectivity index (χ2n) is 5.14. The maximum Gasteiger partial charge on any atom is 0.317 e. The fraction of sp³-hybridized carbons (Fsp3) is 0.923. The van der Waals surface area contributed by atoms with E-state index in [-0.39, 0.29) is 6.54 Å². The topological polar surface area (TPSA) is 40.5 Å². The van der Waals surface area contributed by atoms with Crippen molar-refractivity contribution in [3.63, 3.8) is 0 Å². The molecular formula is C13H27NO2. The number of hydrogen-bond donors (Lipinski definition) is 1. The van der Waals surface area contributed by atoms with Gasteiger partial charge in [-0.1, -0.05) is 20.8 Å². The van der Waals surface area contributed by atoms with E-state index in [1.54, 1.807) is 0 Å². The van der Waals surface area contributed by atoms with Crippen molar-refractivity contribution in [3.8, 4) is 0 Å². The molecule has 0 bridgehead atoms. The van der Waals surface area contributed by atoms with Crippen molar-refractivity contribution < 1.29 is 9.90 Å². The van der Waals surface area contributed by atoms with Crippen LogP contribution in [0.2, 0.25) is 0 Å². The summed E-state index contributed by atoms with van der Waals surface area (Å²) in [6.07, 6.45) is 3.24. The Kier molecular flexibility index (Phi) is 7.39. The molecule has 0 rings (SSSR count). The molecule has 16 heavy (non-hydrogen) atoms. The van der Waals surface area contributed by atoms with Gasteiger partial charge < -0.3 is 5.11 Å². The van der Waals surface area contributed by atoms with Crippen molar-refractivity contribution in [2.45, 2.75) is 66.0 Å². The average molecular weight is 229 g/mol. The van der Waals surface area contributed by atoms with Gasteiger partial charge in [0.15, 0.2) is 0 Å². The molecule has 3 heteroatoms. The first-order valence-electron chi connectivity index (χ1n) is 6.36. The zero-order valence-electron chi connectivity index (χ0n) is 11.4. The molecule has 3 nitrogen and oxygen atoms in total. The van der Waals surface area contributed by atoms with Crippen molar-refractivity contribution in [2.75, 3.05) is 6.54 Å². The van der Waals surface area contributed by atoms with Gasteiger partial charge in [0.05, 0.1) is 6.54 Å². The lowest BCUT2D eigenvalue weighted by Gasteiger charge is -2.33. The Balaban J connectivity index is 4.31. The molecule has 0 aromatic heterocycles. The second kappa shape index (κ2) is 7.66. The van der Waals surface area contributed by atoms with E-state index in [0.29, 0.717) is 18.0 Å². The van der Waals surface area contributed by atoms with Crippen LogP contribution in [-0.2, 0) is 4.79 Å². The molecular weight excluding hydrogens is 202 g/mol. The molecule has 1 N–H and O–H groups in total. The van der Waals surface area contributed by atoms with Gasteiger partial charge in [0.1, 0.15) is 0 Å². The Hall–Kier alpha value is -0.570. The largest absolute Gasteiger partial charge is 0.480 e. The zero-order chi connectivity index (χ0) is 12.7. The van der Waals surface area contributed by atoms with E-state index in [0.717, 1.165) is 19.3 Å². The van der Waals surface area contributed by atoms with Gasteiger partial charge in [-0.15, -0.1) is 0 Å². The fourth-order valence-electron chi connectivity index (χ4n) is 1.88. The van der Waals surface area contributed by atoms with Crippen LogP contribution in [0.5, 0.6) is 0 Å². The standard InChI is InChI=1S/C13H27NO2/c1-6-11(4)14(9-13(15)16)12(5)8-7-10(2)3/h10-12H,6-9H2,1-5H3,(H,15,16). The highest BCUT2D eigenvalue weighted by Gasteiger charge is 2.21. The van der Waals surface area contributed by atoms with Crippen LogP contribution in [0.3, 0.4) is 0 Å². The SMILES string of the molecule is CCC(C)N(CC(=O)O)C(C)CCC(C)C. The van der Waals surface area contributed by atoms with Crippen LogP contribution in [0.25, 0.3) is 0 Å². The Morgan fingerprint density at radius 3 is 2.06 bits per heavy atom. The molecule has 96 valence electrons. The summed E-state index contributed by atoms with van der Waals surface area (Å²) in [7, 11) is 0. The van der Waals surface area contributed by atoms with Crippen molar-refractivity contribution >= 4 is 5.97 Å². The van der Waals surface area contributed by atoms with Crippen molar-refractivity contribution in [2.24, 2.45) is 5.92 Å². The Morgan fingerprint density at radius 1 is 1.12 bits per heavy atom. The first-order chi connectivity index (χ1) is 7.38. The molecule has 0 amide bonds. The van der Waals surface area contributed by atoms with Crippen LogP contribution in [0.15, 0.2) is 0 Å². The molecule has 0 aliphatic heterocycles. The summed E-state index contributed by atoms with van der Waals surface area (Å²) in [6.45, 7) is 10.9. The zero-order valence-corrected chi connectivity index (χ0v) is 11.4. The Bertz CT molecular complexity index is 204. The fourth-order valence-corrected chi connectivity index (χ4v) is 1.88. The van der Waals surface area contributed by atoms with E-state index in [1.165, 1.54) is 0 Å². The van der Waals surface area contributed by atoms with E-state index in [2.05, 4.69) is 39.5 Å². The number of aliphatic carboxylic acids is 1. The van der Waals surface area contributed by atoms with Gasteiger partial charge in [0.2, 0.25) is 0 Å². The van der Waals surface area contributed by atoms with Crippen LogP contribution in [0.4, 0.5) is 0 Å². The van der Waals surface area contributed by atoms with E-state index >= 15 is 0 Å². The van der Waals surface area contributed by atoms with Crippen LogP contribution >= 0.6 is 0 Å². The molecule has 0 aliphatic carbocycles. The number of hydrogen-bond acceptors (Lipinski definition) is 2. The quantitative estimate of drug-likeness (QED) is 0.695. The predicted octanol–water partition coefficient (Wildman–Crippen LogP) is 3.00. The molecule has 0 fully saturated rings. The lowest BCUT2D eigenvalue weighted by molar-refractivity contribution is -0.139.